The van der Waals surface area contributed by atoms with Gasteiger partial charge in [-0.1, -0.05) is 25.3 Å². The van der Waals surface area contributed by atoms with Crippen LogP contribution in [0.4, 0.5) is 5.00 Å². The molecule has 2 aliphatic rings. The van der Waals surface area contributed by atoms with Crippen LogP contribution in [-0.2, 0) is 11.3 Å². The molecule has 19 heavy (non-hydrogen) atoms. The zero-order valence-electron chi connectivity index (χ0n) is 12.2. The van der Waals surface area contributed by atoms with Crippen molar-refractivity contribution >= 4 is 16.5 Å². The second-order valence-corrected chi connectivity index (χ2v) is 7.46. The molecular formula is C14H23N3OS. The number of aromatic nitrogens is 2. The van der Waals surface area contributed by atoms with Crippen molar-refractivity contribution in [3.63, 3.8) is 0 Å². The van der Waals surface area contributed by atoms with Crippen molar-refractivity contribution in [2.24, 2.45) is 16.7 Å². The van der Waals surface area contributed by atoms with E-state index in [1.54, 1.807) is 0 Å². The van der Waals surface area contributed by atoms with E-state index in [1.807, 2.05) is 7.05 Å². The third kappa shape index (κ3) is 1.82. The predicted molar refractivity (Wildman–Crippen MR) is 77.3 cm³/mol. The first-order valence-electron chi connectivity index (χ1n) is 7.09. The lowest BCUT2D eigenvalue weighted by Gasteiger charge is -2.38. The molecule has 0 aromatic carbocycles. The lowest BCUT2D eigenvalue weighted by molar-refractivity contribution is -0.0558. The smallest absolute Gasteiger partial charge is 0.135 e. The third-order valence-electron chi connectivity index (χ3n) is 5.92. The molecule has 4 nitrogen and oxygen atoms in total. The van der Waals surface area contributed by atoms with Crippen molar-refractivity contribution < 1.29 is 4.74 Å². The van der Waals surface area contributed by atoms with Crippen LogP contribution in [0, 0.1) is 16.7 Å². The molecule has 0 saturated heterocycles. The first-order chi connectivity index (χ1) is 8.99. The summed E-state index contributed by atoms with van der Waals surface area (Å²) in [5, 5.41) is 8.30. The summed E-state index contributed by atoms with van der Waals surface area (Å²) in [6.45, 7) is 7.81. The number of nitrogens with one attached hydrogen (secondary N) is 1. The first-order valence-corrected chi connectivity index (χ1v) is 7.87. The summed E-state index contributed by atoms with van der Waals surface area (Å²) in [5.41, 5.74) is 1.67. The van der Waals surface area contributed by atoms with Gasteiger partial charge >= 0.3 is 0 Å². The average molecular weight is 281 g/mol. The minimum absolute atomic E-state index is 0.320. The second-order valence-electron chi connectivity index (χ2n) is 6.71. The molecule has 2 bridgehead atoms. The van der Waals surface area contributed by atoms with Gasteiger partial charge in [0.2, 0.25) is 0 Å². The van der Waals surface area contributed by atoms with Crippen LogP contribution in [-0.4, -0.2) is 22.7 Å². The molecule has 1 aromatic heterocycles. The Labute approximate surface area is 119 Å². The highest BCUT2D eigenvalue weighted by atomic mass is 32.1. The Morgan fingerprint density at radius 1 is 1.42 bits per heavy atom. The van der Waals surface area contributed by atoms with Gasteiger partial charge < -0.3 is 10.1 Å². The maximum Gasteiger partial charge on any atom is 0.135 e. The van der Waals surface area contributed by atoms with Gasteiger partial charge in [-0.2, -0.15) is 0 Å². The van der Waals surface area contributed by atoms with Crippen LogP contribution in [0.3, 0.4) is 0 Å². The van der Waals surface area contributed by atoms with Crippen LogP contribution in [0.25, 0.3) is 0 Å². The molecule has 3 rings (SSSR count). The van der Waals surface area contributed by atoms with E-state index in [2.05, 4.69) is 35.7 Å². The molecule has 0 aliphatic heterocycles. The lowest BCUT2D eigenvalue weighted by Crippen LogP contribution is -2.37. The van der Waals surface area contributed by atoms with Crippen LogP contribution in [0.2, 0.25) is 0 Å². The number of rotatable bonds is 4. The summed E-state index contributed by atoms with van der Waals surface area (Å²) in [6.07, 6.45) is 4.23. The summed E-state index contributed by atoms with van der Waals surface area (Å²) < 4.78 is 10.2. The third-order valence-corrected chi connectivity index (χ3v) is 6.70. The van der Waals surface area contributed by atoms with Gasteiger partial charge in [-0.15, -0.1) is 5.10 Å². The molecule has 3 unspecified atom stereocenters. The van der Waals surface area contributed by atoms with Crippen LogP contribution in [0.5, 0.6) is 0 Å². The van der Waals surface area contributed by atoms with Crippen LogP contribution in [0.1, 0.15) is 45.7 Å². The Hall–Kier alpha value is -0.680. The molecule has 0 radical (unpaired) electrons. The highest BCUT2D eigenvalue weighted by Crippen LogP contribution is 2.66. The van der Waals surface area contributed by atoms with Crippen LogP contribution >= 0.6 is 11.5 Å². The molecule has 106 valence electrons. The molecule has 1 heterocycles. The largest absolute Gasteiger partial charge is 0.377 e. The minimum Gasteiger partial charge on any atom is -0.377 e. The molecule has 5 heteroatoms. The number of fused-ring (bicyclic) bond motifs is 2. The Bertz CT molecular complexity index is 473. The van der Waals surface area contributed by atoms with E-state index in [0.29, 0.717) is 23.5 Å². The van der Waals surface area contributed by atoms with Crippen molar-refractivity contribution in [2.75, 3.05) is 12.4 Å². The number of anilines is 1. The highest BCUT2D eigenvalue weighted by Gasteiger charge is 2.61. The van der Waals surface area contributed by atoms with Crippen LogP contribution < -0.4 is 5.32 Å². The predicted octanol–water partition coefficient (Wildman–Crippen LogP) is 3.31. The van der Waals surface area contributed by atoms with E-state index in [4.69, 9.17) is 4.74 Å². The molecule has 0 amide bonds. The Balaban J connectivity index is 1.69. The number of hydrogen-bond acceptors (Lipinski definition) is 5. The second kappa shape index (κ2) is 4.42. The summed E-state index contributed by atoms with van der Waals surface area (Å²) in [5.74, 6) is 0.819. The summed E-state index contributed by atoms with van der Waals surface area (Å²) in [6, 6.07) is 0. The quantitative estimate of drug-likeness (QED) is 0.919. The van der Waals surface area contributed by atoms with Crippen molar-refractivity contribution in [1.82, 2.24) is 9.59 Å². The molecule has 0 spiro atoms. The highest BCUT2D eigenvalue weighted by molar-refractivity contribution is 7.10. The van der Waals surface area contributed by atoms with E-state index in [9.17, 15) is 0 Å². The molecule has 2 aliphatic carbocycles. The molecule has 1 N–H and O–H groups in total. The maximum atomic E-state index is 6.23. The van der Waals surface area contributed by atoms with Gasteiger partial charge in [-0.05, 0) is 36.0 Å². The van der Waals surface area contributed by atoms with E-state index in [-0.39, 0.29) is 0 Å². The van der Waals surface area contributed by atoms with Crippen molar-refractivity contribution in [3.8, 4) is 0 Å². The Morgan fingerprint density at radius 2 is 2.21 bits per heavy atom. The summed E-state index contributed by atoms with van der Waals surface area (Å²) in [7, 11) is 1.90. The van der Waals surface area contributed by atoms with E-state index in [1.165, 1.54) is 30.8 Å². The van der Waals surface area contributed by atoms with Crippen molar-refractivity contribution in [2.45, 2.75) is 52.7 Å². The van der Waals surface area contributed by atoms with Crippen molar-refractivity contribution in [1.29, 1.82) is 0 Å². The summed E-state index contributed by atoms with van der Waals surface area (Å²) >= 11 is 1.39. The lowest BCUT2D eigenvalue weighted by atomic mass is 9.70. The zero-order chi connectivity index (χ0) is 13.7. The maximum absolute atomic E-state index is 6.23. The topological polar surface area (TPSA) is 47.0 Å². The van der Waals surface area contributed by atoms with Gasteiger partial charge in [-0.3, -0.25) is 0 Å². The number of nitrogens with zero attached hydrogens (tertiary/aromatic N) is 2. The average Bonchev–Trinajstić information content (AvgIpc) is 2.97. The fourth-order valence-electron chi connectivity index (χ4n) is 4.05. The fourth-order valence-corrected chi connectivity index (χ4v) is 4.57. The SMILES string of the molecule is CNc1snnc1COC1CC2CCC1(C)C2(C)C. The normalized spacial score (nSPS) is 35.8. The Morgan fingerprint density at radius 3 is 2.79 bits per heavy atom. The van der Waals surface area contributed by atoms with Gasteiger partial charge in [0.25, 0.3) is 0 Å². The monoisotopic (exact) mass is 281 g/mol. The van der Waals surface area contributed by atoms with E-state index in [0.717, 1.165) is 16.6 Å². The van der Waals surface area contributed by atoms with Gasteiger partial charge in [-0.25, -0.2) is 0 Å². The van der Waals surface area contributed by atoms with E-state index < -0.39 is 0 Å². The summed E-state index contributed by atoms with van der Waals surface area (Å²) in [4.78, 5) is 0. The van der Waals surface area contributed by atoms with Gasteiger partial charge in [0, 0.05) is 18.6 Å². The van der Waals surface area contributed by atoms with Crippen LogP contribution in [0.15, 0.2) is 0 Å². The van der Waals surface area contributed by atoms with Gasteiger partial charge in [0.05, 0.1) is 12.7 Å². The van der Waals surface area contributed by atoms with Gasteiger partial charge in [0.15, 0.2) is 0 Å². The number of hydrogen-bond donors (Lipinski definition) is 1. The molecule has 1 aromatic rings. The number of ether oxygens (including phenoxy) is 1. The van der Waals surface area contributed by atoms with Gasteiger partial charge in [0.1, 0.15) is 10.7 Å². The first kappa shape index (κ1) is 13.3. The molecule has 3 atom stereocenters. The molecular weight excluding hydrogens is 258 g/mol. The molecule has 2 saturated carbocycles. The standard InChI is InChI=1S/C14H23N3OS/c1-13(2)9-5-6-14(13,3)11(7-9)18-8-10-12(15-4)19-17-16-10/h9,11,15H,5-8H2,1-4H3. The Kier molecular flexibility index (Phi) is 3.09. The van der Waals surface area contributed by atoms with Crippen molar-refractivity contribution in [3.05, 3.63) is 5.69 Å². The molecule has 2 fully saturated rings. The fraction of sp³-hybridized carbons (Fsp3) is 0.857. The minimum atomic E-state index is 0.320. The zero-order valence-corrected chi connectivity index (χ0v) is 13.0. The van der Waals surface area contributed by atoms with E-state index >= 15 is 0 Å².